The molecule has 2 rings (SSSR count). The molecule has 2 aliphatic rings. The number of aliphatic carboxylic acids is 1. The van der Waals surface area contributed by atoms with E-state index in [1.165, 1.54) is 6.42 Å². The second-order valence-corrected chi connectivity index (χ2v) is 6.21. The first-order valence-electron chi connectivity index (χ1n) is 7.27. The molecule has 2 fully saturated rings. The average molecular weight is 268 g/mol. The van der Waals surface area contributed by atoms with Crippen LogP contribution in [0.2, 0.25) is 0 Å². The van der Waals surface area contributed by atoms with E-state index >= 15 is 0 Å². The van der Waals surface area contributed by atoms with Gasteiger partial charge in [-0.1, -0.05) is 26.7 Å². The molecular formula is C14H24N2O3. The third-order valence-electron chi connectivity index (χ3n) is 4.99. The van der Waals surface area contributed by atoms with Gasteiger partial charge in [-0.3, -0.25) is 0 Å². The van der Waals surface area contributed by atoms with Gasteiger partial charge in [-0.2, -0.15) is 0 Å². The number of carboxylic acid groups (broad SMARTS) is 1. The molecular weight excluding hydrogens is 244 g/mol. The Balaban J connectivity index is 1.89. The van der Waals surface area contributed by atoms with Crippen LogP contribution in [0.15, 0.2) is 0 Å². The Morgan fingerprint density at radius 3 is 2.37 bits per heavy atom. The van der Waals surface area contributed by atoms with Crippen LogP contribution in [0.3, 0.4) is 0 Å². The first kappa shape index (κ1) is 14.2. The van der Waals surface area contributed by atoms with Gasteiger partial charge in [0.05, 0.1) is 0 Å². The van der Waals surface area contributed by atoms with Crippen molar-refractivity contribution in [2.45, 2.75) is 64.0 Å². The molecule has 108 valence electrons. The molecule has 5 heteroatoms. The number of rotatable bonds is 3. The predicted molar refractivity (Wildman–Crippen MR) is 71.9 cm³/mol. The summed E-state index contributed by atoms with van der Waals surface area (Å²) in [5, 5.41) is 14.8. The van der Waals surface area contributed by atoms with Crippen LogP contribution in [0.25, 0.3) is 0 Å². The van der Waals surface area contributed by atoms with E-state index < -0.39 is 11.5 Å². The van der Waals surface area contributed by atoms with E-state index in [9.17, 15) is 14.7 Å². The molecule has 2 amide bonds. The molecule has 0 aromatic rings. The summed E-state index contributed by atoms with van der Waals surface area (Å²) in [4.78, 5) is 23.2. The topological polar surface area (TPSA) is 78.4 Å². The van der Waals surface area contributed by atoms with E-state index in [4.69, 9.17) is 0 Å². The number of amides is 2. The molecule has 3 N–H and O–H groups in total. The summed E-state index contributed by atoms with van der Waals surface area (Å²) in [5.41, 5.74) is -1.02. The van der Waals surface area contributed by atoms with Crippen molar-refractivity contribution in [1.82, 2.24) is 10.6 Å². The lowest BCUT2D eigenvalue weighted by Crippen LogP contribution is -2.62. The van der Waals surface area contributed by atoms with Crippen LogP contribution < -0.4 is 10.6 Å². The quantitative estimate of drug-likeness (QED) is 0.733. The van der Waals surface area contributed by atoms with Crippen LogP contribution in [0, 0.1) is 11.8 Å². The van der Waals surface area contributed by atoms with Crippen molar-refractivity contribution >= 4 is 12.0 Å². The summed E-state index contributed by atoms with van der Waals surface area (Å²) in [6.07, 6.45) is 5.25. The van der Waals surface area contributed by atoms with Gasteiger partial charge in [-0.15, -0.1) is 0 Å². The van der Waals surface area contributed by atoms with E-state index in [0.29, 0.717) is 24.7 Å². The van der Waals surface area contributed by atoms with E-state index in [-0.39, 0.29) is 12.1 Å². The first-order chi connectivity index (χ1) is 8.94. The zero-order valence-corrected chi connectivity index (χ0v) is 11.7. The average Bonchev–Trinajstić information content (AvgIpc) is 2.29. The Hall–Kier alpha value is -1.26. The largest absolute Gasteiger partial charge is 0.480 e. The predicted octanol–water partition coefficient (Wildman–Crippen LogP) is 2.12. The van der Waals surface area contributed by atoms with Crippen molar-refractivity contribution < 1.29 is 14.7 Å². The van der Waals surface area contributed by atoms with E-state index in [1.54, 1.807) is 0 Å². The lowest BCUT2D eigenvalue weighted by molar-refractivity contribution is -0.148. The minimum Gasteiger partial charge on any atom is -0.480 e. The Bertz CT molecular complexity index is 366. The normalized spacial score (nSPS) is 33.1. The number of hydrogen-bond donors (Lipinski definition) is 3. The van der Waals surface area contributed by atoms with Gasteiger partial charge in [-0.05, 0) is 37.5 Å². The number of hydrogen-bond acceptors (Lipinski definition) is 2. The van der Waals surface area contributed by atoms with Crippen LogP contribution in [-0.2, 0) is 4.79 Å². The number of carbonyl (C=O) groups excluding carboxylic acids is 1. The molecule has 0 heterocycles. The van der Waals surface area contributed by atoms with Crippen molar-refractivity contribution in [1.29, 1.82) is 0 Å². The molecule has 0 bridgehead atoms. The summed E-state index contributed by atoms with van der Waals surface area (Å²) < 4.78 is 0. The fourth-order valence-electron chi connectivity index (χ4n) is 3.13. The molecule has 0 radical (unpaired) electrons. The minimum absolute atomic E-state index is 0.162. The lowest BCUT2D eigenvalue weighted by atomic mass is 9.76. The summed E-state index contributed by atoms with van der Waals surface area (Å²) in [5.74, 6) is 0.136. The lowest BCUT2D eigenvalue weighted by Gasteiger charge is -2.40. The smallest absolute Gasteiger partial charge is 0.329 e. The summed E-state index contributed by atoms with van der Waals surface area (Å²) >= 11 is 0. The highest BCUT2D eigenvalue weighted by Gasteiger charge is 2.46. The molecule has 2 aliphatic carbocycles. The fourth-order valence-corrected chi connectivity index (χ4v) is 3.13. The Labute approximate surface area is 114 Å². The minimum atomic E-state index is -1.02. The molecule has 0 aromatic heterocycles. The van der Waals surface area contributed by atoms with Crippen molar-refractivity contribution in [2.24, 2.45) is 11.8 Å². The summed E-state index contributed by atoms with van der Waals surface area (Å²) in [6, 6.07) is -0.164. The summed E-state index contributed by atoms with van der Waals surface area (Å²) in [7, 11) is 0. The number of carboxylic acids is 1. The Morgan fingerprint density at radius 1 is 1.16 bits per heavy atom. The van der Waals surface area contributed by atoms with Crippen LogP contribution in [-0.4, -0.2) is 28.7 Å². The molecule has 3 atom stereocenters. The van der Waals surface area contributed by atoms with Gasteiger partial charge in [-0.25, -0.2) is 9.59 Å². The van der Waals surface area contributed by atoms with Crippen molar-refractivity contribution in [3.63, 3.8) is 0 Å². The maximum atomic E-state index is 12.0. The van der Waals surface area contributed by atoms with Crippen LogP contribution in [0.4, 0.5) is 4.79 Å². The zero-order valence-electron chi connectivity index (χ0n) is 11.7. The monoisotopic (exact) mass is 268 g/mol. The maximum Gasteiger partial charge on any atom is 0.329 e. The second-order valence-electron chi connectivity index (χ2n) is 6.21. The number of nitrogens with one attached hydrogen (secondary N) is 2. The zero-order chi connectivity index (χ0) is 14.0. The van der Waals surface area contributed by atoms with Crippen LogP contribution in [0.1, 0.15) is 52.4 Å². The van der Waals surface area contributed by atoms with Gasteiger partial charge >= 0.3 is 12.0 Å². The molecule has 0 aliphatic heterocycles. The highest BCUT2D eigenvalue weighted by atomic mass is 16.4. The fraction of sp³-hybridized carbons (Fsp3) is 0.857. The van der Waals surface area contributed by atoms with Crippen LogP contribution in [0.5, 0.6) is 0 Å². The first-order valence-corrected chi connectivity index (χ1v) is 7.27. The van der Waals surface area contributed by atoms with E-state index in [0.717, 1.165) is 19.3 Å². The molecule has 19 heavy (non-hydrogen) atoms. The van der Waals surface area contributed by atoms with E-state index in [2.05, 4.69) is 24.5 Å². The highest BCUT2D eigenvalue weighted by molar-refractivity contribution is 5.87. The van der Waals surface area contributed by atoms with Crippen molar-refractivity contribution in [3.8, 4) is 0 Å². The highest BCUT2D eigenvalue weighted by Crippen LogP contribution is 2.32. The van der Waals surface area contributed by atoms with Crippen LogP contribution >= 0.6 is 0 Å². The van der Waals surface area contributed by atoms with Crippen molar-refractivity contribution in [2.75, 3.05) is 0 Å². The molecule has 0 spiro atoms. The maximum absolute atomic E-state index is 12.0. The molecule has 3 unspecified atom stereocenters. The summed E-state index contributed by atoms with van der Waals surface area (Å²) in [6.45, 7) is 4.37. The molecule has 0 saturated heterocycles. The Kier molecular flexibility index (Phi) is 4.02. The molecule has 5 nitrogen and oxygen atoms in total. The number of carbonyl (C=O) groups is 2. The van der Waals surface area contributed by atoms with Crippen molar-refractivity contribution in [3.05, 3.63) is 0 Å². The van der Waals surface area contributed by atoms with Gasteiger partial charge < -0.3 is 15.7 Å². The van der Waals surface area contributed by atoms with Gasteiger partial charge in [0, 0.05) is 6.04 Å². The number of urea groups is 1. The third-order valence-corrected chi connectivity index (χ3v) is 4.99. The van der Waals surface area contributed by atoms with E-state index in [1.807, 2.05) is 0 Å². The van der Waals surface area contributed by atoms with Gasteiger partial charge in [0.1, 0.15) is 5.54 Å². The molecule has 0 aromatic carbocycles. The van der Waals surface area contributed by atoms with Gasteiger partial charge in [0.25, 0.3) is 0 Å². The Morgan fingerprint density at radius 2 is 1.84 bits per heavy atom. The standard InChI is InChI=1S/C14H24N2O3/c1-9-5-3-6-11(10(9)2)15-13(19)16-14(12(17)18)7-4-8-14/h9-11H,3-8H2,1-2H3,(H,17,18)(H2,15,16,19). The molecule has 2 saturated carbocycles. The van der Waals surface area contributed by atoms with Gasteiger partial charge in [0.2, 0.25) is 0 Å². The van der Waals surface area contributed by atoms with Gasteiger partial charge in [0.15, 0.2) is 0 Å². The SMILES string of the molecule is CC1CCCC(NC(=O)NC2(C(=O)O)CCC2)C1C. The second kappa shape index (κ2) is 5.39. The third kappa shape index (κ3) is 2.85.